The van der Waals surface area contributed by atoms with E-state index in [2.05, 4.69) is 4.99 Å². The van der Waals surface area contributed by atoms with Gasteiger partial charge in [-0.3, -0.25) is 14.6 Å². The van der Waals surface area contributed by atoms with Crippen LogP contribution in [0.15, 0.2) is 23.2 Å². The molecule has 0 spiro atoms. The second kappa shape index (κ2) is 10.8. The van der Waals surface area contributed by atoms with Gasteiger partial charge in [-0.2, -0.15) is 0 Å². The van der Waals surface area contributed by atoms with Crippen molar-refractivity contribution in [1.29, 1.82) is 0 Å². The second-order valence-corrected chi connectivity index (χ2v) is 9.27. The Kier molecular flexibility index (Phi) is 7.76. The molecule has 1 aliphatic heterocycles. The fourth-order valence-corrected chi connectivity index (χ4v) is 5.44. The van der Waals surface area contributed by atoms with Crippen LogP contribution in [0.5, 0.6) is 17.2 Å². The lowest BCUT2D eigenvalue weighted by Gasteiger charge is -2.30. The molecule has 8 nitrogen and oxygen atoms in total. The van der Waals surface area contributed by atoms with E-state index in [0.717, 1.165) is 44.4 Å². The van der Waals surface area contributed by atoms with E-state index >= 15 is 0 Å². The van der Waals surface area contributed by atoms with E-state index in [4.69, 9.17) is 14.6 Å². The van der Waals surface area contributed by atoms with Crippen molar-refractivity contribution in [3.05, 3.63) is 51.6 Å². The van der Waals surface area contributed by atoms with Gasteiger partial charge in [0.25, 0.3) is 0 Å². The number of aliphatic hydroxyl groups excluding tert-OH is 1. The molecule has 1 fully saturated rings. The van der Waals surface area contributed by atoms with E-state index in [0.29, 0.717) is 24.0 Å². The fraction of sp³-hybridized carbons (Fsp3) is 0.464. The molecular weight excluding hydrogens is 462 g/mol. The Balaban J connectivity index is 0.000000375. The van der Waals surface area contributed by atoms with E-state index in [9.17, 15) is 19.8 Å². The number of hydrogen-bond acceptors (Lipinski definition) is 8. The van der Waals surface area contributed by atoms with Crippen LogP contribution in [0, 0.1) is 5.92 Å². The Morgan fingerprint density at radius 2 is 1.78 bits per heavy atom. The number of aliphatic hydroxyl groups is 1. The zero-order chi connectivity index (χ0) is 26.0. The second-order valence-electron chi connectivity index (χ2n) is 9.27. The smallest absolute Gasteiger partial charge is 0.202 e. The van der Waals surface area contributed by atoms with Crippen LogP contribution in [-0.2, 0) is 17.6 Å². The van der Waals surface area contributed by atoms with E-state index < -0.39 is 17.9 Å². The molecule has 3 N–H and O–H groups in total. The van der Waals surface area contributed by atoms with Crippen molar-refractivity contribution in [3.63, 3.8) is 0 Å². The summed E-state index contributed by atoms with van der Waals surface area (Å²) in [5.41, 5.74) is 2.20. The number of nitrogens with zero attached hydrogens (tertiary/aromatic N) is 1. The predicted molar refractivity (Wildman–Crippen MR) is 135 cm³/mol. The molecule has 8 heteroatoms. The number of carbonyl (C=O) groups excluding carboxylic acids is 2. The van der Waals surface area contributed by atoms with Crippen LogP contribution in [0.3, 0.4) is 0 Å². The summed E-state index contributed by atoms with van der Waals surface area (Å²) in [6.07, 6.45) is 5.13. The standard InChI is InChI=1S/C23H23NO5.C5H10O2/c1-4-15(24-2)11-8-9-12-14(10-11)22(27)18-19(20(12)25)23(28)17-13(21(18)26)6-5-7-16(17)29-3;6-5-3-1-2-4-7-5/h5-7,11,25,27H,4,8-10H2,1-3H3;5-6H,1-4H2. The lowest BCUT2D eigenvalue weighted by Crippen LogP contribution is -2.27. The maximum Gasteiger partial charge on any atom is 0.202 e. The summed E-state index contributed by atoms with van der Waals surface area (Å²) in [5.74, 6) is -0.971. The number of methoxy groups -OCH3 is 1. The fourth-order valence-electron chi connectivity index (χ4n) is 5.44. The monoisotopic (exact) mass is 495 g/mol. The first-order valence-electron chi connectivity index (χ1n) is 12.4. The summed E-state index contributed by atoms with van der Waals surface area (Å²) in [4.78, 5) is 30.8. The quantitative estimate of drug-likeness (QED) is 0.371. The third-order valence-corrected chi connectivity index (χ3v) is 7.30. The molecule has 3 aliphatic rings. The van der Waals surface area contributed by atoms with Gasteiger partial charge >= 0.3 is 0 Å². The lowest BCUT2D eigenvalue weighted by molar-refractivity contribution is -0.123. The van der Waals surface area contributed by atoms with Crippen molar-refractivity contribution in [2.75, 3.05) is 20.8 Å². The SMILES string of the molecule is CCC(=NC)C1CCc2c(O)c3c(c(O)c2C1)C(=O)c1cccc(OC)c1C3=O.OC1CCCCO1. The molecule has 0 bridgehead atoms. The Hall–Kier alpha value is -3.23. The predicted octanol–water partition coefficient (Wildman–Crippen LogP) is 3.97. The normalized spacial score (nSPS) is 21.1. The van der Waals surface area contributed by atoms with Crippen molar-refractivity contribution in [1.82, 2.24) is 0 Å². The van der Waals surface area contributed by atoms with Gasteiger partial charge in [-0.05, 0) is 51.0 Å². The third kappa shape index (κ3) is 4.51. The number of benzene rings is 2. The number of aliphatic imine (C=N–C) groups is 1. The molecule has 0 radical (unpaired) electrons. The van der Waals surface area contributed by atoms with Gasteiger partial charge in [-0.25, -0.2) is 0 Å². The molecule has 0 amide bonds. The zero-order valence-corrected chi connectivity index (χ0v) is 21.0. The highest BCUT2D eigenvalue weighted by atomic mass is 16.6. The number of carbonyl (C=O) groups is 2. The number of phenols is 2. The molecule has 1 heterocycles. The third-order valence-electron chi connectivity index (χ3n) is 7.30. The van der Waals surface area contributed by atoms with Crippen LogP contribution in [0.25, 0.3) is 0 Å². The van der Waals surface area contributed by atoms with Gasteiger partial charge in [0.2, 0.25) is 5.78 Å². The van der Waals surface area contributed by atoms with Gasteiger partial charge in [0, 0.05) is 42.0 Å². The van der Waals surface area contributed by atoms with Gasteiger partial charge in [0.1, 0.15) is 17.2 Å². The lowest BCUT2D eigenvalue weighted by atomic mass is 9.74. The first-order chi connectivity index (χ1) is 17.3. The molecular formula is C28H33NO7. The number of aromatic hydroxyl groups is 2. The van der Waals surface area contributed by atoms with Crippen LogP contribution in [0.1, 0.15) is 82.0 Å². The van der Waals surface area contributed by atoms with Crippen LogP contribution < -0.4 is 4.74 Å². The Morgan fingerprint density at radius 1 is 1.06 bits per heavy atom. The maximum absolute atomic E-state index is 13.2. The number of ketones is 2. The minimum atomic E-state index is -0.505. The van der Waals surface area contributed by atoms with Gasteiger partial charge in [0.15, 0.2) is 12.1 Å². The largest absolute Gasteiger partial charge is 0.507 e. The molecule has 1 saturated heterocycles. The maximum atomic E-state index is 13.2. The number of hydrogen-bond donors (Lipinski definition) is 3. The molecule has 0 saturated carbocycles. The molecule has 2 aliphatic carbocycles. The van der Waals surface area contributed by atoms with Crippen molar-refractivity contribution < 1.29 is 34.4 Å². The highest BCUT2D eigenvalue weighted by Gasteiger charge is 2.40. The van der Waals surface area contributed by atoms with Gasteiger partial charge in [-0.1, -0.05) is 19.1 Å². The topological polar surface area (TPSA) is 126 Å². The van der Waals surface area contributed by atoms with Crippen molar-refractivity contribution in [2.45, 2.75) is 58.2 Å². The minimum Gasteiger partial charge on any atom is -0.507 e. The van der Waals surface area contributed by atoms with Gasteiger partial charge < -0.3 is 24.8 Å². The number of fused-ring (bicyclic) bond motifs is 3. The van der Waals surface area contributed by atoms with Crippen LogP contribution in [0.4, 0.5) is 0 Å². The zero-order valence-electron chi connectivity index (χ0n) is 21.0. The molecule has 2 atom stereocenters. The molecule has 2 unspecified atom stereocenters. The Bertz CT molecular complexity index is 1210. The van der Waals surface area contributed by atoms with Crippen LogP contribution in [0.2, 0.25) is 0 Å². The summed E-state index contributed by atoms with van der Waals surface area (Å²) in [6, 6.07) is 4.77. The Labute approximate surface area is 210 Å². The van der Waals surface area contributed by atoms with Crippen LogP contribution >= 0.6 is 0 Å². The van der Waals surface area contributed by atoms with Crippen molar-refractivity contribution in [3.8, 4) is 17.2 Å². The molecule has 0 aromatic heterocycles. The van der Waals surface area contributed by atoms with E-state index in [1.165, 1.54) is 7.11 Å². The minimum absolute atomic E-state index is 0.112. The molecule has 5 rings (SSSR count). The first-order valence-corrected chi connectivity index (χ1v) is 12.4. The van der Waals surface area contributed by atoms with Crippen LogP contribution in [-0.4, -0.2) is 59.7 Å². The Morgan fingerprint density at radius 3 is 2.36 bits per heavy atom. The molecule has 192 valence electrons. The van der Waals surface area contributed by atoms with E-state index in [1.807, 2.05) is 6.92 Å². The highest BCUT2D eigenvalue weighted by Crippen LogP contribution is 2.47. The van der Waals surface area contributed by atoms with Gasteiger partial charge in [-0.15, -0.1) is 0 Å². The number of phenolic OH excluding ortho intramolecular Hbond substituents is 2. The van der Waals surface area contributed by atoms with Crippen molar-refractivity contribution >= 4 is 17.3 Å². The number of ether oxygens (including phenoxy) is 2. The summed E-state index contributed by atoms with van der Waals surface area (Å²) in [7, 11) is 3.18. The average molecular weight is 496 g/mol. The number of rotatable bonds is 3. The summed E-state index contributed by atoms with van der Waals surface area (Å²) < 4.78 is 10.1. The summed E-state index contributed by atoms with van der Waals surface area (Å²) >= 11 is 0. The average Bonchev–Trinajstić information content (AvgIpc) is 2.90. The highest BCUT2D eigenvalue weighted by molar-refractivity contribution is 6.31. The van der Waals surface area contributed by atoms with E-state index in [-0.39, 0.29) is 45.4 Å². The molecule has 2 aromatic carbocycles. The molecule has 2 aromatic rings. The van der Waals surface area contributed by atoms with Gasteiger partial charge in [0.05, 0.1) is 23.8 Å². The van der Waals surface area contributed by atoms with Crippen molar-refractivity contribution in [2.24, 2.45) is 10.9 Å². The molecule has 36 heavy (non-hydrogen) atoms. The first kappa shape index (κ1) is 25.9. The van der Waals surface area contributed by atoms with E-state index in [1.54, 1.807) is 25.2 Å². The summed E-state index contributed by atoms with van der Waals surface area (Å²) in [5, 5.41) is 30.7. The summed E-state index contributed by atoms with van der Waals surface area (Å²) in [6.45, 7) is 2.77.